The van der Waals surface area contributed by atoms with E-state index in [4.69, 9.17) is 9.47 Å². The van der Waals surface area contributed by atoms with Gasteiger partial charge in [-0.15, -0.1) is 0 Å². The number of esters is 2. The summed E-state index contributed by atoms with van der Waals surface area (Å²) < 4.78 is 10.9. The second-order valence-corrected chi connectivity index (χ2v) is 8.97. The van der Waals surface area contributed by atoms with Crippen molar-refractivity contribution in [2.24, 2.45) is 5.92 Å². The van der Waals surface area contributed by atoms with Crippen molar-refractivity contribution in [2.45, 2.75) is 117 Å². The van der Waals surface area contributed by atoms with E-state index in [1.165, 1.54) is 44.9 Å². The molecule has 0 bridgehead atoms. The van der Waals surface area contributed by atoms with Crippen molar-refractivity contribution in [2.75, 3.05) is 0 Å². The van der Waals surface area contributed by atoms with E-state index in [0.717, 1.165) is 44.4 Å². The number of unbranched alkanes of at least 4 members (excludes halogenated alkanes) is 10. The van der Waals surface area contributed by atoms with Gasteiger partial charge in [0.25, 0.3) is 0 Å². The highest BCUT2D eigenvalue weighted by molar-refractivity contribution is 5.76. The van der Waals surface area contributed by atoms with E-state index < -0.39 is 0 Å². The van der Waals surface area contributed by atoms with Crippen LogP contribution in [0.15, 0.2) is 24.3 Å². The summed E-state index contributed by atoms with van der Waals surface area (Å²) in [5.74, 6) is 0.914. The van der Waals surface area contributed by atoms with Gasteiger partial charge in [0, 0.05) is 12.8 Å². The van der Waals surface area contributed by atoms with Crippen LogP contribution in [0.4, 0.5) is 0 Å². The van der Waals surface area contributed by atoms with E-state index in [-0.39, 0.29) is 11.9 Å². The van der Waals surface area contributed by atoms with E-state index in [1.807, 2.05) is 0 Å². The number of hydrogen-bond donors (Lipinski definition) is 0. The molecule has 0 radical (unpaired) electrons. The van der Waals surface area contributed by atoms with Crippen molar-refractivity contribution in [1.29, 1.82) is 0 Å². The minimum Gasteiger partial charge on any atom is -0.423 e. The Morgan fingerprint density at radius 1 is 0.677 bits per heavy atom. The number of rotatable bonds is 18. The van der Waals surface area contributed by atoms with E-state index in [1.54, 1.807) is 24.3 Å². The van der Waals surface area contributed by atoms with Crippen molar-refractivity contribution in [1.82, 2.24) is 0 Å². The van der Waals surface area contributed by atoms with E-state index in [0.29, 0.717) is 24.3 Å². The standard InChI is InChI=1S/C27H44O4/c1-4-5-6-7-11-14-21-26(28)30-24-19-16-17-20-25(24)31-27(29)22-15-12-9-8-10-13-18-23(2)3/h16-17,19-20,23H,4-15,18,21-22H2,1-3H3. The Hall–Kier alpha value is -1.84. The molecule has 0 aliphatic heterocycles. The van der Waals surface area contributed by atoms with Gasteiger partial charge in [0.2, 0.25) is 0 Å². The summed E-state index contributed by atoms with van der Waals surface area (Å²) in [7, 11) is 0. The van der Waals surface area contributed by atoms with Gasteiger partial charge in [0.15, 0.2) is 11.5 Å². The molecular weight excluding hydrogens is 388 g/mol. The Kier molecular flexibility index (Phi) is 15.6. The van der Waals surface area contributed by atoms with Gasteiger partial charge in [-0.25, -0.2) is 0 Å². The zero-order chi connectivity index (χ0) is 22.7. The van der Waals surface area contributed by atoms with Gasteiger partial charge in [-0.1, -0.05) is 104 Å². The molecule has 1 rings (SSSR count). The SMILES string of the molecule is CCCCCCCCC(=O)Oc1ccccc1OC(=O)CCCCCCCCC(C)C. The van der Waals surface area contributed by atoms with E-state index in [9.17, 15) is 9.59 Å². The maximum Gasteiger partial charge on any atom is 0.311 e. The molecule has 0 saturated carbocycles. The molecule has 0 aliphatic carbocycles. The molecule has 176 valence electrons. The Morgan fingerprint density at radius 3 is 1.55 bits per heavy atom. The molecule has 1 aromatic carbocycles. The first-order chi connectivity index (χ1) is 15.0. The van der Waals surface area contributed by atoms with Crippen LogP contribution in [-0.2, 0) is 9.59 Å². The molecule has 0 saturated heterocycles. The van der Waals surface area contributed by atoms with Crippen LogP contribution in [0, 0.1) is 5.92 Å². The molecule has 1 aromatic rings. The minimum atomic E-state index is -0.267. The zero-order valence-electron chi connectivity index (χ0n) is 20.1. The molecule has 0 atom stereocenters. The number of carbonyl (C=O) groups excluding carboxylic acids is 2. The van der Waals surface area contributed by atoms with Crippen LogP contribution >= 0.6 is 0 Å². The van der Waals surface area contributed by atoms with Crippen molar-refractivity contribution in [3.8, 4) is 11.5 Å². The molecule has 0 aromatic heterocycles. The molecule has 0 aliphatic rings. The first-order valence-corrected chi connectivity index (χ1v) is 12.5. The highest BCUT2D eigenvalue weighted by Gasteiger charge is 2.13. The Bertz CT molecular complexity index is 609. The van der Waals surface area contributed by atoms with Gasteiger partial charge in [-0.05, 0) is 30.9 Å². The number of carbonyl (C=O) groups is 2. The summed E-state index contributed by atoms with van der Waals surface area (Å²) in [6.07, 6.45) is 15.7. The fourth-order valence-corrected chi connectivity index (χ4v) is 3.54. The average molecular weight is 433 g/mol. The topological polar surface area (TPSA) is 52.6 Å². The lowest BCUT2D eigenvalue weighted by atomic mass is 10.0. The Balaban J connectivity index is 2.25. The second kappa shape index (κ2) is 17.8. The predicted molar refractivity (Wildman–Crippen MR) is 127 cm³/mol. The molecule has 4 nitrogen and oxygen atoms in total. The van der Waals surface area contributed by atoms with Crippen LogP contribution in [0.2, 0.25) is 0 Å². The van der Waals surface area contributed by atoms with Crippen LogP contribution in [0.3, 0.4) is 0 Å². The van der Waals surface area contributed by atoms with Gasteiger partial charge in [0.1, 0.15) is 0 Å². The molecule has 0 unspecified atom stereocenters. The molecular formula is C27H44O4. The lowest BCUT2D eigenvalue weighted by molar-refractivity contribution is -0.137. The second-order valence-electron chi connectivity index (χ2n) is 8.97. The highest BCUT2D eigenvalue weighted by Crippen LogP contribution is 2.27. The Labute approximate surface area is 190 Å². The third kappa shape index (κ3) is 14.7. The Morgan fingerprint density at radius 2 is 1.10 bits per heavy atom. The quantitative estimate of drug-likeness (QED) is 0.134. The lowest BCUT2D eigenvalue weighted by Gasteiger charge is -2.10. The number of benzene rings is 1. The summed E-state index contributed by atoms with van der Waals surface area (Å²) >= 11 is 0. The molecule has 0 amide bonds. The summed E-state index contributed by atoms with van der Waals surface area (Å²) in [4.78, 5) is 24.3. The van der Waals surface area contributed by atoms with Gasteiger partial charge in [0.05, 0.1) is 0 Å². The zero-order valence-corrected chi connectivity index (χ0v) is 20.1. The molecule has 4 heteroatoms. The fraction of sp³-hybridized carbons (Fsp3) is 0.704. The molecule has 0 fully saturated rings. The van der Waals surface area contributed by atoms with E-state index in [2.05, 4.69) is 20.8 Å². The lowest BCUT2D eigenvalue weighted by Crippen LogP contribution is -2.12. The number of ether oxygens (including phenoxy) is 2. The average Bonchev–Trinajstić information content (AvgIpc) is 2.73. The summed E-state index contributed by atoms with van der Waals surface area (Å²) in [6, 6.07) is 6.92. The maximum atomic E-state index is 12.2. The maximum absolute atomic E-state index is 12.2. The minimum absolute atomic E-state index is 0.265. The normalized spacial score (nSPS) is 11.0. The molecule has 0 N–H and O–H groups in total. The van der Waals surface area contributed by atoms with Crippen LogP contribution < -0.4 is 9.47 Å². The monoisotopic (exact) mass is 432 g/mol. The molecule has 0 heterocycles. The van der Waals surface area contributed by atoms with Crippen LogP contribution in [0.1, 0.15) is 117 Å². The molecule has 31 heavy (non-hydrogen) atoms. The smallest absolute Gasteiger partial charge is 0.311 e. The first-order valence-electron chi connectivity index (χ1n) is 12.5. The summed E-state index contributed by atoms with van der Waals surface area (Å²) in [5, 5.41) is 0. The van der Waals surface area contributed by atoms with Crippen molar-refractivity contribution < 1.29 is 19.1 Å². The molecule has 0 spiro atoms. The highest BCUT2D eigenvalue weighted by atomic mass is 16.6. The van der Waals surface area contributed by atoms with Crippen LogP contribution in [0.25, 0.3) is 0 Å². The van der Waals surface area contributed by atoms with Crippen molar-refractivity contribution >= 4 is 11.9 Å². The first kappa shape index (κ1) is 27.2. The van der Waals surface area contributed by atoms with Gasteiger partial charge in [-0.2, -0.15) is 0 Å². The summed E-state index contributed by atoms with van der Waals surface area (Å²) in [6.45, 7) is 6.72. The number of hydrogen-bond acceptors (Lipinski definition) is 4. The van der Waals surface area contributed by atoms with Crippen molar-refractivity contribution in [3.05, 3.63) is 24.3 Å². The van der Waals surface area contributed by atoms with Crippen molar-refractivity contribution in [3.63, 3.8) is 0 Å². The van der Waals surface area contributed by atoms with Gasteiger partial charge >= 0.3 is 11.9 Å². The van der Waals surface area contributed by atoms with Crippen LogP contribution in [-0.4, -0.2) is 11.9 Å². The summed E-state index contributed by atoms with van der Waals surface area (Å²) in [5.41, 5.74) is 0. The largest absolute Gasteiger partial charge is 0.423 e. The van der Waals surface area contributed by atoms with E-state index >= 15 is 0 Å². The number of para-hydroxylation sites is 2. The third-order valence-corrected chi connectivity index (χ3v) is 5.44. The van der Waals surface area contributed by atoms with Crippen LogP contribution in [0.5, 0.6) is 11.5 Å². The van der Waals surface area contributed by atoms with Gasteiger partial charge in [-0.3, -0.25) is 9.59 Å². The fourth-order valence-electron chi connectivity index (χ4n) is 3.54. The van der Waals surface area contributed by atoms with Gasteiger partial charge < -0.3 is 9.47 Å². The third-order valence-electron chi connectivity index (χ3n) is 5.44. The predicted octanol–water partition coefficient (Wildman–Crippen LogP) is 8.02.